The molecule has 1 unspecified atom stereocenters. The third kappa shape index (κ3) is 4.00. The van der Waals surface area contributed by atoms with Crippen molar-refractivity contribution in [3.05, 3.63) is 106 Å². The Morgan fingerprint density at radius 1 is 1.06 bits per heavy atom. The van der Waals surface area contributed by atoms with Gasteiger partial charge in [0.25, 0.3) is 5.56 Å². The highest BCUT2D eigenvalue weighted by atomic mass is 35.5. The third-order valence-electron chi connectivity index (χ3n) is 5.85. The van der Waals surface area contributed by atoms with E-state index in [0.717, 1.165) is 39.0 Å². The number of H-pyrrole nitrogens is 1. The lowest BCUT2D eigenvalue weighted by atomic mass is 10.0. The zero-order valence-corrected chi connectivity index (χ0v) is 18.9. The van der Waals surface area contributed by atoms with E-state index in [9.17, 15) is 14.3 Å². The van der Waals surface area contributed by atoms with E-state index in [1.165, 1.54) is 22.8 Å². The quantitative estimate of drug-likeness (QED) is 0.369. The van der Waals surface area contributed by atoms with Gasteiger partial charge in [0.05, 0.1) is 23.2 Å². The number of pyridine rings is 2. The molecule has 0 bridgehead atoms. The van der Waals surface area contributed by atoms with Gasteiger partial charge in [0, 0.05) is 35.1 Å². The number of aromatic nitrogens is 4. The van der Waals surface area contributed by atoms with Crippen LogP contribution in [0.5, 0.6) is 0 Å². The number of nitrogens with zero attached hydrogens (tertiary/aromatic N) is 3. The minimum absolute atomic E-state index is 0.0148. The zero-order chi connectivity index (χ0) is 23.8. The number of aliphatic hydroxyl groups is 1. The summed E-state index contributed by atoms with van der Waals surface area (Å²) in [6.07, 6.45) is 3.36. The molecule has 1 atom stereocenters. The van der Waals surface area contributed by atoms with Gasteiger partial charge in [-0.2, -0.15) is 5.10 Å². The van der Waals surface area contributed by atoms with Crippen molar-refractivity contribution < 1.29 is 9.50 Å². The maximum Gasteiger partial charge on any atom is 0.251 e. The third-order valence-corrected chi connectivity index (χ3v) is 6.16. The van der Waals surface area contributed by atoms with Gasteiger partial charge in [-0.3, -0.25) is 14.9 Å². The van der Waals surface area contributed by atoms with Gasteiger partial charge in [0.2, 0.25) is 0 Å². The lowest BCUT2D eigenvalue weighted by Crippen LogP contribution is -2.26. The van der Waals surface area contributed by atoms with Gasteiger partial charge in [-0.1, -0.05) is 23.7 Å². The fourth-order valence-electron chi connectivity index (χ4n) is 4.11. The van der Waals surface area contributed by atoms with E-state index in [0.29, 0.717) is 5.56 Å². The van der Waals surface area contributed by atoms with E-state index in [1.54, 1.807) is 24.5 Å². The predicted octanol–water partition coefficient (Wildman–Crippen LogP) is 5.14. The van der Waals surface area contributed by atoms with Gasteiger partial charge in [0.1, 0.15) is 11.5 Å². The van der Waals surface area contributed by atoms with Crippen molar-refractivity contribution in [3.63, 3.8) is 0 Å². The SMILES string of the molecule is Cc1cc(-c2n[nH]c3ccc(-c4ccn(C(CO)c5ccc(Cl)c(F)c5)c(=O)c4)cc23)ccn1. The van der Waals surface area contributed by atoms with E-state index in [-0.39, 0.29) is 17.2 Å². The number of hydrogen-bond acceptors (Lipinski definition) is 4. The van der Waals surface area contributed by atoms with Crippen LogP contribution in [0.1, 0.15) is 17.3 Å². The summed E-state index contributed by atoms with van der Waals surface area (Å²) < 4.78 is 15.3. The van der Waals surface area contributed by atoms with E-state index in [4.69, 9.17) is 11.6 Å². The number of halogens is 2. The average molecular weight is 475 g/mol. The van der Waals surface area contributed by atoms with Crippen molar-refractivity contribution in [2.75, 3.05) is 6.61 Å². The number of rotatable bonds is 5. The molecule has 0 fully saturated rings. The number of aliphatic hydroxyl groups excluding tert-OH is 1. The summed E-state index contributed by atoms with van der Waals surface area (Å²) in [4.78, 5) is 17.2. The van der Waals surface area contributed by atoms with Gasteiger partial charge in [0.15, 0.2) is 0 Å². The number of fused-ring (bicyclic) bond motifs is 1. The maximum absolute atomic E-state index is 13.9. The molecule has 170 valence electrons. The monoisotopic (exact) mass is 474 g/mol. The minimum atomic E-state index is -0.730. The molecule has 3 heterocycles. The van der Waals surface area contributed by atoms with Crippen LogP contribution in [0.3, 0.4) is 0 Å². The summed E-state index contributed by atoms with van der Waals surface area (Å²) in [7, 11) is 0. The molecule has 0 aliphatic carbocycles. The molecule has 8 heteroatoms. The van der Waals surface area contributed by atoms with Crippen LogP contribution in [-0.4, -0.2) is 31.5 Å². The number of benzene rings is 2. The molecule has 0 amide bonds. The lowest BCUT2D eigenvalue weighted by Gasteiger charge is -2.19. The van der Waals surface area contributed by atoms with Crippen molar-refractivity contribution in [1.82, 2.24) is 19.7 Å². The van der Waals surface area contributed by atoms with Gasteiger partial charge < -0.3 is 9.67 Å². The Hall–Kier alpha value is -3.81. The fourth-order valence-corrected chi connectivity index (χ4v) is 4.22. The summed E-state index contributed by atoms with van der Waals surface area (Å²) in [5.41, 5.74) is 5.25. The molecule has 2 N–H and O–H groups in total. The van der Waals surface area contributed by atoms with Crippen LogP contribution < -0.4 is 5.56 Å². The van der Waals surface area contributed by atoms with Gasteiger partial charge >= 0.3 is 0 Å². The molecule has 0 saturated heterocycles. The Kier molecular flexibility index (Phi) is 5.73. The maximum atomic E-state index is 13.9. The smallest absolute Gasteiger partial charge is 0.251 e. The zero-order valence-electron chi connectivity index (χ0n) is 18.2. The Labute approximate surface area is 199 Å². The van der Waals surface area contributed by atoms with E-state index in [1.807, 2.05) is 37.3 Å². The van der Waals surface area contributed by atoms with Crippen molar-refractivity contribution in [2.24, 2.45) is 0 Å². The van der Waals surface area contributed by atoms with Gasteiger partial charge in [-0.25, -0.2) is 4.39 Å². The van der Waals surface area contributed by atoms with Crippen LogP contribution in [0.4, 0.5) is 4.39 Å². The molecule has 0 aliphatic rings. The fraction of sp³-hybridized carbons (Fsp3) is 0.115. The van der Waals surface area contributed by atoms with Crippen molar-refractivity contribution >= 4 is 22.5 Å². The van der Waals surface area contributed by atoms with Crippen molar-refractivity contribution in [1.29, 1.82) is 0 Å². The summed E-state index contributed by atoms with van der Waals surface area (Å²) in [6.45, 7) is 1.56. The summed E-state index contributed by atoms with van der Waals surface area (Å²) in [6, 6.07) is 16.5. The van der Waals surface area contributed by atoms with Crippen LogP contribution in [0.15, 0.2) is 77.9 Å². The first-order chi connectivity index (χ1) is 16.4. The Bertz CT molecular complexity index is 1580. The van der Waals surface area contributed by atoms with Crippen LogP contribution in [-0.2, 0) is 0 Å². The first kappa shape index (κ1) is 22.0. The largest absolute Gasteiger partial charge is 0.394 e. The number of aromatic amines is 1. The molecule has 34 heavy (non-hydrogen) atoms. The second kappa shape index (κ2) is 8.85. The molecule has 0 spiro atoms. The summed E-state index contributed by atoms with van der Waals surface area (Å²) >= 11 is 5.77. The Balaban J connectivity index is 1.54. The number of hydrogen-bond donors (Lipinski definition) is 2. The van der Waals surface area contributed by atoms with Crippen LogP contribution in [0.2, 0.25) is 5.02 Å². The molecular formula is C26H20ClFN4O2. The van der Waals surface area contributed by atoms with Crippen LogP contribution >= 0.6 is 11.6 Å². The second-order valence-corrected chi connectivity index (χ2v) is 8.46. The summed E-state index contributed by atoms with van der Waals surface area (Å²) in [5.74, 6) is -0.601. The first-order valence-electron chi connectivity index (χ1n) is 10.6. The molecule has 2 aromatic carbocycles. The molecule has 5 rings (SSSR count). The van der Waals surface area contributed by atoms with Crippen molar-refractivity contribution in [2.45, 2.75) is 13.0 Å². The van der Waals surface area contributed by atoms with E-state index < -0.39 is 11.9 Å². The second-order valence-electron chi connectivity index (χ2n) is 8.05. The van der Waals surface area contributed by atoms with E-state index in [2.05, 4.69) is 15.2 Å². The molecule has 3 aromatic heterocycles. The van der Waals surface area contributed by atoms with Gasteiger partial charge in [-0.15, -0.1) is 0 Å². The highest BCUT2D eigenvalue weighted by Crippen LogP contribution is 2.30. The highest BCUT2D eigenvalue weighted by Gasteiger charge is 2.17. The molecular weight excluding hydrogens is 455 g/mol. The first-order valence-corrected chi connectivity index (χ1v) is 11.0. The molecule has 0 saturated carbocycles. The standard InChI is InChI=1S/C26H20ClFN4O2/c1-15-10-19(6-8-29-15)26-20-11-16(3-5-23(20)30-31-26)17-7-9-32(25(34)13-17)24(14-33)18-2-4-21(27)22(28)12-18/h2-13,24,33H,14H2,1H3,(H,30,31). The Morgan fingerprint density at radius 3 is 2.62 bits per heavy atom. The summed E-state index contributed by atoms with van der Waals surface area (Å²) in [5, 5.41) is 18.4. The molecule has 6 nitrogen and oxygen atoms in total. The molecule has 0 radical (unpaired) electrons. The lowest BCUT2D eigenvalue weighted by molar-refractivity contribution is 0.247. The predicted molar refractivity (Wildman–Crippen MR) is 130 cm³/mol. The minimum Gasteiger partial charge on any atom is -0.394 e. The number of nitrogens with one attached hydrogen (secondary N) is 1. The Morgan fingerprint density at radius 2 is 1.88 bits per heavy atom. The topological polar surface area (TPSA) is 83.8 Å². The van der Waals surface area contributed by atoms with Crippen LogP contribution in [0.25, 0.3) is 33.3 Å². The van der Waals surface area contributed by atoms with Crippen LogP contribution in [0, 0.1) is 12.7 Å². The normalized spacial score (nSPS) is 12.2. The highest BCUT2D eigenvalue weighted by molar-refractivity contribution is 6.30. The van der Waals surface area contributed by atoms with E-state index >= 15 is 0 Å². The molecule has 0 aliphatic heterocycles. The number of aryl methyl sites for hydroxylation is 1. The average Bonchev–Trinajstić information content (AvgIpc) is 3.26. The van der Waals surface area contributed by atoms with Gasteiger partial charge in [-0.05, 0) is 66.1 Å². The van der Waals surface area contributed by atoms with Crippen molar-refractivity contribution in [3.8, 4) is 22.4 Å². The molecule has 5 aromatic rings.